The predicted octanol–water partition coefficient (Wildman–Crippen LogP) is 4.12. The highest BCUT2D eigenvalue weighted by molar-refractivity contribution is 5.89. The zero-order valence-corrected chi connectivity index (χ0v) is 13.3. The van der Waals surface area contributed by atoms with Gasteiger partial charge in [-0.1, -0.05) is 24.3 Å². The topological polar surface area (TPSA) is 92.5 Å². The van der Waals surface area contributed by atoms with E-state index in [0.29, 0.717) is 0 Å². The first-order valence-corrected chi connectivity index (χ1v) is 8.09. The van der Waals surface area contributed by atoms with E-state index in [2.05, 4.69) is 17.5 Å². The van der Waals surface area contributed by atoms with Gasteiger partial charge < -0.3 is 10.4 Å². The molecule has 3 atom stereocenters. The third-order valence-corrected chi connectivity index (χ3v) is 5.07. The Morgan fingerprint density at radius 1 is 1.20 bits per heavy atom. The van der Waals surface area contributed by atoms with E-state index >= 15 is 0 Å². The second kappa shape index (κ2) is 5.73. The van der Waals surface area contributed by atoms with Crippen LogP contribution in [0, 0.1) is 16.0 Å². The number of anilines is 1. The number of benzene rings is 2. The van der Waals surface area contributed by atoms with Crippen LogP contribution in [0.1, 0.15) is 39.9 Å². The van der Waals surface area contributed by atoms with Gasteiger partial charge in [-0.2, -0.15) is 0 Å². The van der Waals surface area contributed by atoms with Crippen molar-refractivity contribution in [1.29, 1.82) is 0 Å². The lowest BCUT2D eigenvalue weighted by Crippen LogP contribution is -2.29. The summed E-state index contributed by atoms with van der Waals surface area (Å²) in [6, 6.07) is 11.8. The molecular formula is C19H16N2O4. The molecule has 0 spiro atoms. The minimum atomic E-state index is -0.932. The molecule has 0 aromatic heterocycles. The van der Waals surface area contributed by atoms with Gasteiger partial charge in [0.05, 0.1) is 16.5 Å². The number of nitrogens with zero attached hydrogens (tertiary/aromatic N) is 1. The number of hydrogen-bond acceptors (Lipinski definition) is 4. The number of carboxylic acids is 1. The first-order chi connectivity index (χ1) is 12.0. The van der Waals surface area contributed by atoms with Gasteiger partial charge in [0.15, 0.2) is 0 Å². The van der Waals surface area contributed by atoms with Gasteiger partial charge >= 0.3 is 5.97 Å². The highest BCUT2D eigenvalue weighted by Crippen LogP contribution is 2.50. The number of non-ortho nitro benzene ring substituents is 1. The lowest BCUT2D eigenvalue weighted by Gasteiger charge is -2.37. The second-order valence-corrected chi connectivity index (χ2v) is 6.43. The molecule has 0 fully saturated rings. The van der Waals surface area contributed by atoms with Crippen molar-refractivity contribution >= 4 is 17.3 Å². The monoisotopic (exact) mass is 336 g/mol. The van der Waals surface area contributed by atoms with Gasteiger partial charge in [-0.3, -0.25) is 10.1 Å². The van der Waals surface area contributed by atoms with E-state index in [1.54, 1.807) is 30.3 Å². The Morgan fingerprint density at radius 2 is 1.96 bits per heavy atom. The van der Waals surface area contributed by atoms with E-state index in [0.717, 1.165) is 23.2 Å². The van der Waals surface area contributed by atoms with E-state index in [1.165, 1.54) is 12.1 Å². The molecule has 3 unspecified atom stereocenters. The van der Waals surface area contributed by atoms with E-state index in [4.69, 9.17) is 0 Å². The molecule has 0 saturated heterocycles. The molecular weight excluding hydrogens is 320 g/mol. The largest absolute Gasteiger partial charge is 0.478 e. The van der Waals surface area contributed by atoms with Crippen LogP contribution in [-0.2, 0) is 0 Å². The summed E-state index contributed by atoms with van der Waals surface area (Å²) in [5.41, 5.74) is 3.27. The summed E-state index contributed by atoms with van der Waals surface area (Å²) in [5, 5.41) is 23.6. The third-order valence-electron chi connectivity index (χ3n) is 5.07. The zero-order valence-electron chi connectivity index (χ0n) is 13.3. The number of nitro benzene ring substituents is 1. The lowest BCUT2D eigenvalue weighted by molar-refractivity contribution is -0.384. The Morgan fingerprint density at radius 3 is 2.64 bits per heavy atom. The molecule has 1 heterocycles. The van der Waals surface area contributed by atoms with Gasteiger partial charge in [0.2, 0.25) is 0 Å². The fourth-order valence-electron chi connectivity index (χ4n) is 3.86. The molecule has 0 radical (unpaired) electrons. The van der Waals surface area contributed by atoms with Gasteiger partial charge in [-0.25, -0.2) is 4.79 Å². The van der Waals surface area contributed by atoms with Crippen LogP contribution < -0.4 is 5.32 Å². The molecule has 1 aliphatic heterocycles. The maximum Gasteiger partial charge on any atom is 0.335 e. The molecule has 0 bridgehead atoms. The van der Waals surface area contributed by atoms with Crippen LogP contribution in [0.4, 0.5) is 11.4 Å². The molecule has 0 amide bonds. The maximum absolute atomic E-state index is 11.3. The van der Waals surface area contributed by atoms with Crippen LogP contribution in [-0.4, -0.2) is 16.0 Å². The molecule has 2 aromatic rings. The Kier molecular flexibility index (Phi) is 3.53. The summed E-state index contributed by atoms with van der Waals surface area (Å²) in [7, 11) is 0. The van der Waals surface area contributed by atoms with Crippen molar-refractivity contribution in [3.8, 4) is 0 Å². The van der Waals surface area contributed by atoms with Crippen molar-refractivity contribution in [3.05, 3.63) is 81.4 Å². The normalized spacial score (nSPS) is 23.4. The first kappa shape index (κ1) is 15.4. The fraction of sp³-hybridized carbons (Fsp3) is 0.211. The smallest absolute Gasteiger partial charge is 0.335 e. The van der Waals surface area contributed by atoms with Crippen LogP contribution in [0.5, 0.6) is 0 Å². The minimum Gasteiger partial charge on any atom is -0.478 e. The third kappa shape index (κ3) is 2.55. The maximum atomic E-state index is 11.3. The van der Waals surface area contributed by atoms with Crippen molar-refractivity contribution in [2.24, 2.45) is 5.92 Å². The van der Waals surface area contributed by atoms with Crippen molar-refractivity contribution < 1.29 is 14.8 Å². The van der Waals surface area contributed by atoms with E-state index in [9.17, 15) is 20.0 Å². The molecule has 0 saturated carbocycles. The van der Waals surface area contributed by atoms with Crippen LogP contribution in [0.25, 0.3) is 0 Å². The molecule has 2 aliphatic rings. The number of carbonyl (C=O) groups is 1. The number of rotatable bonds is 3. The lowest BCUT2D eigenvalue weighted by atomic mass is 9.76. The molecule has 1 aliphatic carbocycles. The molecule has 126 valence electrons. The number of nitrogens with one attached hydrogen (secondary N) is 1. The van der Waals surface area contributed by atoms with Crippen LogP contribution >= 0.6 is 0 Å². The Hall–Kier alpha value is -3.15. The molecule has 4 rings (SSSR count). The van der Waals surface area contributed by atoms with Crippen molar-refractivity contribution in [2.45, 2.75) is 18.4 Å². The van der Waals surface area contributed by atoms with Gasteiger partial charge in [0, 0.05) is 23.7 Å². The number of nitro groups is 1. The Labute approximate surface area is 144 Å². The standard InChI is InChI=1S/C19H16N2O4/c22-19(23)12-6-9-17-16(10-12)14-2-1-3-15(14)18(20-17)11-4-7-13(8-5-11)21(24)25/h1-2,4-10,14-15,18,20H,3H2,(H,22,23). The number of hydrogen-bond donors (Lipinski definition) is 2. The average Bonchev–Trinajstić information content (AvgIpc) is 3.10. The quantitative estimate of drug-likeness (QED) is 0.500. The number of allylic oxidation sites excluding steroid dienone is 2. The molecule has 2 aromatic carbocycles. The Balaban J connectivity index is 1.72. The highest BCUT2D eigenvalue weighted by Gasteiger charge is 2.38. The van der Waals surface area contributed by atoms with Crippen molar-refractivity contribution in [2.75, 3.05) is 5.32 Å². The molecule has 6 heteroatoms. The Bertz CT molecular complexity index is 889. The van der Waals surface area contributed by atoms with Crippen LogP contribution in [0.15, 0.2) is 54.6 Å². The summed E-state index contributed by atoms with van der Waals surface area (Å²) < 4.78 is 0. The first-order valence-electron chi connectivity index (χ1n) is 8.09. The molecule has 2 N–H and O–H groups in total. The summed E-state index contributed by atoms with van der Waals surface area (Å²) in [5.74, 6) is -0.521. The van der Waals surface area contributed by atoms with Crippen molar-refractivity contribution in [1.82, 2.24) is 0 Å². The minimum absolute atomic E-state index is 0.0315. The SMILES string of the molecule is O=C(O)c1ccc2c(c1)C1C=CCC1C(c1ccc([N+](=O)[O-])cc1)N2. The molecule has 25 heavy (non-hydrogen) atoms. The van der Waals surface area contributed by atoms with Crippen molar-refractivity contribution in [3.63, 3.8) is 0 Å². The van der Waals surface area contributed by atoms with Crippen LogP contribution in [0.2, 0.25) is 0 Å². The summed E-state index contributed by atoms with van der Waals surface area (Å²) in [4.78, 5) is 21.7. The zero-order chi connectivity index (χ0) is 17.6. The van der Waals surface area contributed by atoms with Gasteiger partial charge in [-0.05, 0) is 41.7 Å². The number of carboxylic acid groups (broad SMARTS) is 1. The molecule has 6 nitrogen and oxygen atoms in total. The summed E-state index contributed by atoms with van der Waals surface area (Å²) >= 11 is 0. The summed E-state index contributed by atoms with van der Waals surface area (Å²) in [6.07, 6.45) is 5.14. The predicted molar refractivity (Wildman–Crippen MR) is 92.8 cm³/mol. The van der Waals surface area contributed by atoms with E-state index < -0.39 is 10.9 Å². The second-order valence-electron chi connectivity index (χ2n) is 6.43. The van der Waals surface area contributed by atoms with E-state index in [1.807, 2.05) is 0 Å². The van der Waals surface area contributed by atoms with Gasteiger partial charge in [0.1, 0.15) is 0 Å². The van der Waals surface area contributed by atoms with E-state index in [-0.39, 0.29) is 29.1 Å². The highest BCUT2D eigenvalue weighted by atomic mass is 16.6. The summed E-state index contributed by atoms with van der Waals surface area (Å²) in [6.45, 7) is 0. The van der Waals surface area contributed by atoms with Crippen LogP contribution in [0.3, 0.4) is 0 Å². The number of aromatic carboxylic acids is 1. The van der Waals surface area contributed by atoms with Gasteiger partial charge in [0.25, 0.3) is 5.69 Å². The number of fused-ring (bicyclic) bond motifs is 3. The van der Waals surface area contributed by atoms with Gasteiger partial charge in [-0.15, -0.1) is 0 Å². The average molecular weight is 336 g/mol. The fourth-order valence-corrected chi connectivity index (χ4v) is 3.86.